The van der Waals surface area contributed by atoms with Gasteiger partial charge in [-0.15, -0.1) is 0 Å². The summed E-state index contributed by atoms with van der Waals surface area (Å²) in [4.78, 5) is 0. The zero-order valence-corrected chi connectivity index (χ0v) is 14.6. The summed E-state index contributed by atoms with van der Waals surface area (Å²) in [7, 11) is -0.869. The van der Waals surface area contributed by atoms with Crippen LogP contribution in [0.1, 0.15) is 45.1 Å². The van der Waals surface area contributed by atoms with Crippen molar-refractivity contribution in [2.45, 2.75) is 56.6 Å². The van der Waals surface area contributed by atoms with Crippen LogP contribution >= 0.6 is 11.6 Å². The van der Waals surface area contributed by atoms with Gasteiger partial charge in [0.15, 0.2) is 0 Å². The number of benzene rings is 1. The highest BCUT2D eigenvalue weighted by Gasteiger charge is 2.32. The van der Waals surface area contributed by atoms with Crippen molar-refractivity contribution >= 4 is 22.4 Å². The van der Waals surface area contributed by atoms with E-state index >= 15 is 0 Å². The molecule has 1 aliphatic carbocycles. The largest absolute Gasteiger partial charge is 0.313 e. The smallest absolute Gasteiger partial charge is 0.0507 e. The summed E-state index contributed by atoms with van der Waals surface area (Å²) in [6.45, 7) is 5.46. The highest BCUT2D eigenvalue weighted by atomic mass is 35.5. The fourth-order valence-electron chi connectivity index (χ4n) is 3.06. The van der Waals surface area contributed by atoms with Gasteiger partial charge in [0.2, 0.25) is 0 Å². The Kier molecular flexibility index (Phi) is 6.72. The molecule has 0 aliphatic heterocycles. The molecule has 118 valence electrons. The lowest BCUT2D eigenvalue weighted by Gasteiger charge is -2.35. The fourth-order valence-corrected chi connectivity index (χ4v) is 5.25. The standard InChI is InChI=1S/C17H26ClNOS/c1-3-10-19-16-9-8-13(2)11-17(16)21(20)12-14-6-4-5-7-15(14)18/h4-7,13,16-17,19H,3,8-12H2,1-2H3. The van der Waals surface area contributed by atoms with Crippen molar-refractivity contribution in [1.29, 1.82) is 0 Å². The van der Waals surface area contributed by atoms with Crippen molar-refractivity contribution in [3.8, 4) is 0 Å². The van der Waals surface area contributed by atoms with E-state index in [0.717, 1.165) is 36.4 Å². The summed E-state index contributed by atoms with van der Waals surface area (Å²) >= 11 is 6.21. The van der Waals surface area contributed by atoms with Gasteiger partial charge < -0.3 is 5.32 Å². The van der Waals surface area contributed by atoms with E-state index in [9.17, 15) is 4.21 Å². The first-order chi connectivity index (χ1) is 10.1. The molecule has 1 aromatic carbocycles. The highest BCUT2D eigenvalue weighted by molar-refractivity contribution is 7.84. The molecule has 4 atom stereocenters. The molecular formula is C17H26ClNOS. The van der Waals surface area contributed by atoms with Crippen molar-refractivity contribution in [3.63, 3.8) is 0 Å². The van der Waals surface area contributed by atoms with Gasteiger partial charge in [-0.2, -0.15) is 0 Å². The number of rotatable bonds is 6. The molecule has 1 aromatic rings. The average molecular weight is 328 g/mol. The van der Waals surface area contributed by atoms with E-state index in [2.05, 4.69) is 19.2 Å². The van der Waals surface area contributed by atoms with Crippen molar-refractivity contribution in [1.82, 2.24) is 5.32 Å². The van der Waals surface area contributed by atoms with E-state index < -0.39 is 10.8 Å². The zero-order chi connectivity index (χ0) is 15.2. The van der Waals surface area contributed by atoms with Crippen molar-refractivity contribution < 1.29 is 4.21 Å². The van der Waals surface area contributed by atoms with Crippen LogP contribution in [0.2, 0.25) is 5.02 Å². The molecule has 0 amide bonds. The van der Waals surface area contributed by atoms with Crippen LogP contribution in [0, 0.1) is 5.92 Å². The van der Waals surface area contributed by atoms with Crippen molar-refractivity contribution in [2.75, 3.05) is 6.54 Å². The summed E-state index contributed by atoms with van der Waals surface area (Å²) in [5, 5.41) is 4.57. The molecule has 0 aromatic heterocycles. The van der Waals surface area contributed by atoms with Gasteiger partial charge in [-0.3, -0.25) is 4.21 Å². The zero-order valence-electron chi connectivity index (χ0n) is 13.0. The maximum Gasteiger partial charge on any atom is 0.0507 e. The van der Waals surface area contributed by atoms with Crippen LogP contribution in [0.3, 0.4) is 0 Å². The molecule has 1 N–H and O–H groups in total. The number of hydrogen-bond acceptors (Lipinski definition) is 2. The molecule has 1 saturated carbocycles. The quantitative estimate of drug-likeness (QED) is 0.850. The molecule has 2 rings (SSSR count). The van der Waals surface area contributed by atoms with Gasteiger partial charge in [0.05, 0.1) is 11.0 Å². The molecule has 2 nitrogen and oxygen atoms in total. The number of nitrogens with one attached hydrogen (secondary N) is 1. The van der Waals surface area contributed by atoms with Crippen molar-refractivity contribution in [3.05, 3.63) is 34.9 Å². The Morgan fingerprint density at radius 2 is 2.10 bits per heavy atom. The first-order valence-electron chi connectivity index (χ1n) is 7.95. The lowest BCUT2D eigenvalue weighted by Crippen LogP contribution is -2.46. The van der Waals surface area contributed by atoms with Crippen LogP contribution in [0.25, 0.3) is 0 Å². The van der Waals surface area contributed by atoms with Gasteiger partial charge >= 0.3 is 0 Å². The van der Waals surface area contributed by atoms with Gasteiger partial charge in [-0.05, 0) is 49.8 Å². The fraction of sp³-hybridized carbons (Fsp3) is 0.647. The van der Waals surface area contributed by atoms with Crippen LogP contribution in [-0.2, 0) is 16.6 Å². The molecule has 0 radical (unpaired) electrons. The van der Waals surface area contributed by atoms with Crippen LogP contribution < -0.4 is 5.32 Å². The van der Waals surface area contributed by atoms with Gasteiger partial charge in [0.25, 0.3) is 0 Å². The lowest BCUT2D eigenvalue weighted by molar-refractivity contribution is 0.313. The van der Waals surface area contributed by atoms with Crippen LogP contribution in [0.4, 0.5) is 0 Å². The molecule has 0 bridgehead atoms. The molecule has 21 heavy (non-hydrogen) atoms. The molecule has 1 fully saturated rings. The second kappa shape index (κ2) is 8.30. The van der Waals surface area contributed by atoms with Gasteiger partial charge in [-0.1, -0.05) is 43.6 Å². The summed E-state index contributed by atoms with van der Waals surface area (Å²) in [5.41, 5.74) is 1.00. The average Bonchev–Trinajstić information content (AvgIpc) is 2.48. The Bertz CT molecular complexity index is 478. The summed E-state index contributed by atoms with van der Waals surface area (Å²) in [6, 6.07) is 8.15. The molecule has 1 aliphatic rings. The first-order valence-corrected chi connectivity index (χ1v) is 9.71. The van der Waals surface area contributed by atoms with Gasteiger partial charge in [-0.25, -0.2) is 0 Å². The SMILES string of the molecule is CCCNC1CCC(C)CC1S(=O)Cc1ccccc1Cl. The Balaban J connectivity index is 2.05. The number of halogens is 1. The van der Waals surface area contributed by atoms with Crippen LogP contribution in [0.5, 0.6) is 0 Å². The second-order valence-electron chi connectivity index (χ2n) is 6.13. The van der Waals surface area contributed by atoms with E-state index in [1.54, 1.807) is 0 Å². The predicted molar refractivity (Wildman–Crippen MR) is 92.2 cm³/mol. The first kappa shape index (κ1) is 17.0. The molecular weight excluding hydrogens is 302 g/mol. The van der Waals surface area contributed by atoms with E-state index in [4.69, 9.17) is 11.6 Å². The topological polar surface area (TPSA) is 29.1 Å². The van der Waals surface area contributed by atoms with Crippen LogP contribution in [0.15, 0.2) is 24.3 Å². The third-order valence-corrected chi connectivity index (χ3v) is 6.46. The Morgan fingerprint density at radius 3 is 2.81 bits per heavy atom. The van der Waals surface area contributed by atoms with Crippen LogP contribution in [-0.4, -0.2) is 22.0 Å². The predicted octanol–water partition coefficient (Wildman–Crippen LogP) is 4.15. The monoisotopic (exact) mass is 327 g/mol. The summed E-state index contributed by atoms with van der Waals surface area (Å²) in [5.74, 6) is 1.24. The molecule has 0 saturated heterocycles. The van der Waals surface area contributed by atoms with E-state index in [-0.39, 0.29) is 5.25 Å². The molecule has 0 spiro atoms. The lowest BCUT2D eigenvalue weighted by atomic mass is 9.87. The molecule has 0 heterocycles. The Labute approximate surface area is 136 Å². The minimum absolute atomic E-state index is 0.247. The van der Waals surface area contributed by atoms with Gasteiger partial charge in [0.1, 0.15) is 0 Å². The molecule has 4 unspecified atom stereocenters. The third-order valence-electron chi connectivity index (χ3n) is 4.30. The molecule has 4 heteroatoms. The summed E-state index contributed by atoms with van der Waals surface area (Å²) in [6.07, 6.45) is 4.55. The Hall–Kier alpha value is -0.380. The van der Waals surface area contributed by atoms with E-state index in [1.165, 1.54) is 6.42 Å². The normalized spacial score (nSPS) is 27.5. The highest BCUT2D eigenvalue weighted by Crippen LogP contribution is 2.29. The second-order valence-corrected chi connectivity index (χ2v) is 8.20. The minimum Gasteiger partial charge on any atom is -0.313 e. The number of hydrogen-bond donors (Lipinski definition) is 1. The maximum atomic E-state index is 12.9. The van der Waals surface area contributed by atoms with Crippen molar-refractivity contribution in [2.24, 2.45) is 5.92 Å². The third kappa shape index (κ3) is 4.80. The Morgan fingerprint density at radius 1 is 1.33 bits per heavy atom. The summed E-state index contributed by atoms with van der Waals surface area (Å²) < 4.78 is 12.9. The van der Waals surface area contributed by atoms with Gasteiger partial charge in [0, 0.05) is 21.9 Å². The maximum absolute atomic E-state index is 12.9. The van der Waals surface area contributed by atoms with E-state index in [0.29, 0.717) is 17.7 Å². The van der Waals surface area contributed by atoms with E-state index in [1.807, 2.05) is 24.3 Å². The minimum atomic E-state index is -0.869.